The van der Waals surface area contributed by atoms with Gasteiger partial charge in [-0.1, -0.05) is 18.2 Å². The van der Waals surface area contributed by atoms with Crippen molar-refractivity contribution in [1.82, 2.24) is 4.90 Å². The predicted octanol–water partition coefficient (Wildman–Crippen LogP) is 1.65. The Morgan fingerprint density at radius 2 is 1.95 bits per heavy atom. The molecule has 0 aliphatic carbocycles. The van der Waals surface area contributed by atoms with Gasteiger partial charge in [0.1, 0.15) is 11.1 Å². The quantitative estimate of drug-likeness (QED) is 0.865. The predicted molar refractivity (Wildman–Crippen MR) is 76.4 cm³/mol. The first-order valence-electron chi connectivity index (χ1n) is 6.41. The van der Waals surface area contributed by atoms with Gasteiger partial charge in [0.25, 0.3) is 5.91 Å². The molecule has 1 aromatic carbocycles. The average molecular weight is 289 g/mol. The Morgan fingerprint density at radius 1 is 1.29 bits per heavy atom. The molecule has 21 heavy (non-hydrogen) atoms. The Morgan fingerprint density at radius 3 is 2.62 bits per heavy atom. The van der Waals surface area contributed by atoms with Crippen molar-refractivity contribution in [2.75, 3.05) is 13.6 Å². The third-order valence-electron chi connectivity index (χ3n) is 3.29. The van der Waals surface area contributed by atoms with Gasteiger partial charge < -0.3 is 14.4 Å². The number of amides is 1. The first-order valence-corrected chi connectivity index (χ1v) is 6.41. The van der Waals surface area contributed by atoms with Crippen LogP contribution >= 0.6 is 0 Å². The molecule has 1 N–H and O–H groups in total. The topological polar surface area (TPSA) is 87.8 Å². The number of para-hydroxylation sites is 1. The average Bonchev–Trinajstić information content (AvgIpc) is 2.44. The second-order valence-electron chi connectivity index (χ2n) is 4.76. The minimum absolute atomic E-state index is 0.0277. The minimum atomic E-state index is -1.00. The van der Waals surface area contributed by atoms with Crippen LogP contribution in [0.15, 0.2) is 33.5 Å². The smallest absolute Gasteiger partial charge is 0.349 e. The maximum atomic E-state index is 12.3. The number of fused-ring (bicyclic) bond motifs is 1. The highest BCUT2D eigenvalue weighted by Gasteiger charge is 2.21. The maximum absolute atomic E-state index is 12.3. The third kappa shape index (κ3) is 2.94. The summed E-state index contributed by atoms with van der Waals surface area (Å²) in [7, 11) is 1.46. The van der Waals surface area contributed by atoms with Gasteiger partial charge in [-0.2, -0.15) is 0 Å². The van der Waals surface area contributed by atoms with Crippen molar-refractivity contribution in [3.05, 3.63) is 45.8 Å². The van der Waals surface area contributed by atoms with Crippen LogP contribution in [0.3, 0.4) is 0 Å². The van der Waals surface area contributed by atoms with Crippen molar-refractivity contribution in [3.8, 4) is 0 Å². The summed E-state index contributed by atoms with van der Waals surface area (Å²) in [6, 6.07) is 6.96. The van der Waals surface area contributed by atoms with E-state index in [4.69, 9.17) is 9.52 Å². The third-order valence-corrected chi connectivity index (χ3v) is 3.29. The minimum Gasteiger partial charge on any atom is -0.481 e. The van der Waals surface area contributed by atoms with Gasteiger partial charge in [-0.25, -0.2) is 4.79 Å². The molecule has 0 radical (unpaired) electrons. The summed E-state index contributed by atoms with van der Waals surface area (Å²) in [5, 5.41) is 9.33. The fourth-order valence-corrected chi connectivity index (χ4v) is 2.11. The molecule has 0 saturated carbocycles. The van der Waals surface area contributed by atoms with E-state index in [0.29, 0.717) is 16.5 Å². The number of benzene rings is 1. The Labute approximate surface area is 120 Å². The molecule has 1 aromatic heterocycles. The summed E-state index contributed by atoms with van der Waals surface area (Å²) < 4.78 is 5.15. The normalized spacial score (nSPS) is 10.6. The lowest BCUT2D eigenvalue weighted by molar-refractivity contribution is -0.137. The fraction of sp³-hybridized carbons (Fsp3) is 0.267. The Bertz CT molecular complexity index is 762. The molecule has 1 amide bonds. The molecule has 0 unspecified atom stereocenters. The van der Waals surface area contributed by atoms with Gasteiger partial charge in [-0.3, -0.25) is 9.59 Å². The highest BCUT2D eigenvalue weighted by Crippen LogP contribution is 2.19. The number of carboxylic acids is 1. The highest BCUT2D eigenvalue weighted by atomic mass is 16.4. The SMILES string of the molecule is Cc1c(C(=O)N(C)CCC(=O)O)c(=O)oc2ccccc12. The largest absolute Gasteiger partial charge is 0.481 e. The van der Waals surface area contributed by atoms with E-state index in [1.807, 2.05) is 0 Å². The molecule has 2 aromatic rings. The number of hydrogen-bond donors (Lipinski definition) is 1. The molecule has 0 bridgehead atoms. The zero-order chi connectivity index (χ0) is 15.6. The Kier molecular flexibility index (Phi) is 4.07. The van der Waals surface area contributed by atoms with Crippen LogP contribution in [0.1, 0.15) is 22.3 Å². The van der Waals surface area contributed by atoms with E-state index in [0.717, 1.165) is 0 Å². The van der Waals surface area contributed by atoms with Crippen LogP contribution in [0.25, 0.3) is 11.0 Å². The van der Waals surface area contributed by atoms with E-state index >= 15 is 0 Å². The number of nitrogens with zero attached hydrogens (tertiary/aromatic N) is 1. The van der Waals surface area contributed by atoms with E-state index in [-0.39, 0.29) is 18.5 Å². The molecular weight excluding hydrogens is 274 g/mol. The van der Waals surface area contributed by atoms with Crippen LogP contribution < -0.4 is 5.63 Å². The molecule has 1 heterocycles. The van der Waals surface area contributed by atoms with Crippen LogP contribution in [0, 0.1) is 6.92 Å². The molecule has 110 valence electrons. The van der Waals surface area contributed by atoms with E-state index in [1.54, 1.807) is 31.2 Å². The number of carbonyl (C=O) groups excluding carboxylic acids is 1. The summed E-state index contributed by atoms with van der Waals surface area (Å²) in [6.45, 7) is 1.71. The Hall–Kier alpha value is -2.63. The molecule has 6 heteroatoms. The Balaban J connectivity index is 2.44. The summed E-state index contributed by atoms with van der Waals surface area (Å²) in [4.78, 5) is 36.1. The molecule has 0 aliphatic heterocycles. The lowest BCUT2D eigenvalue weighted by Crippen LogP contribution is -2.33. The van der Waals surface area contributed by atoms with Gasteiger partial charge in [0.15, 0.2) is 0 Å². The molecule has 0 aliphatic rings. The maximum Gasteiger partial charge on any atom is 0.349 e. The molecule has 0 spiro atoms. The molecule has 2 rings (SSSR count). The van der Waals surface area contributed by atoms with E-state index < -0.39 is 17.5 Å². The standard InChI is InChI=1S/C15H15NO5/c1-9-10-5-3-4-6-11(10)21-15(20)13(9)14(19)16(2)8-7-12(17)18/h3-6H,7-8H2,1-2H3,(H,17,18). The van der Waals surface area contributed by atoms with Crippen molar-refractivity contribution in [1.29, 1.82) is 0 Å². The monoisotopic (exact) mass is 289 g/mol. The molecule has 0 fully saturated rings. The lowest BCUT2D eigenvalue weighted by atomic mass is 10.1. The number of hydrogen-bond acceptors (Lipinski definition) is 4. The van der Waals surface area contributed by atoms with Crippen LogP contribution in [0.4, 0.5) is 0 Å². The van der Waals surface area contributed by atoms with E-state index in [2.05, 4.69) is 0 Å². The van der Waals surface area contributed by atoms with Crippen LogP contribution in [-0.2, 0) is 4.79 Å². The van der Waals surface area contributed by atoms with Crippen LogP contribution in [0.2, 0.25) is 0 Å². The van der Waals surface area contributed by atoms with Gasteiger partial charge in [0, 0.05) is 19.0 Å². The van der Waals surface area contributed by atoms with Crippen molar-refractivity contribution < 1.29 is 19.1 Å². The van der Waals surface area contributed by atoms with Gasteiger partial charge in [-0.05, 0) is 18.6 Å². The second kappa shape index (κ2) is 5.78. The van der Waals surface area contributed by atoms with Gasteiger partial charge >= 0.3 is 11.6 Å². The highest BCUT2D eigenvalue weighted by molar-refractivity contribution is 5.99. The van der Waals surface area contributed by atoms with Crippen molar-refractivity contribution in [2.24, 2.45) is 0 Å². The van der Waals surface area contributed by atoms with Crippen LogP contribution in [0.5, 0.6) is 0 Å². The molecule has 0 atom stereocenters. The zero-order valence-corrected chi connectivity index (χ0v) is 11.8. The number of carboxylic acid groups (broad SMARTS) is 1. The van der Waals surface area contributed by atoms with Crippen LogP contribution in [-0.4, -0.2) is 35.5 Å². The summed E-state index contributed by atoms with van der Waals surface area (Å²) in [5.41, 5.74) is 0.193. The zero-order valence-electron chi connectivity index (χ0n) is 11.8. The fourth-order valence-electron chi connectivity index (χ4n) is 2.11. The van der Waals surface area contributed by atoms with Gasteiger partial charge in [0.05, 0.1) is 6.42 Å². The van der Waals surface area contributed by atoms with E-state index in [1.165, 1.54) is 11.9 Å². The molecular formula is C15H15NO5. The van der Waals surface area contributed by atoms with E-state index in [9.17, 15) is 14.4 Å². The summed E-state index contributed by atoms with van der Waals surface area (Å²) >= 11 is 0. The summed E-state index contributed by atoms with van der Waals surface area (Å²) in [5.74, 6) is -1.54. The lowest BCUT2D eigenvalue weighted by Gasteiger charge is -2.17. The van der Waals surface area contributed by atoms with Crippen molar-refractivity contribution in [3.63, 3.8) is 0 Å². The van der Waals surface area contributed by atoms with Gasteiger partial charge in [0.2, 0.25) is 0 Å². The van der Waals surface area contributed by atoms with Gasteiger partial charge in [-0.15, -0.1) is 0 Å². The van der Waals surface area contributed by atoms with Crippen molar-refractivity contribution in [2.45, 2.75) is 13.3 Å². The molecule has 0 saturated heterocycles. The first kappa shape index (κ1) is 14.8. The first-order chi connectivity index (χ1) is 9.91. The number of aliphatic carboxylic acids is 1. The molecule has 6 nitrogen and oxygen atoms in total. The number of aryl methyl sites for hydroxylation is 1. The second-order valence-corrected chi connectivity index (χ2v) is 4.76. The number of rotatable bonds is 4. The van der Waals surface area contributed by atoms with Crippen molar-refractivity contribution >= 4 is 22.8 Å². The number of carbonyl (C=O) groups is 2. The summed E-state index contributed by atoms with van der Waals surface area (Å²) in [6.07, 6.45) is -0.180.